The number of piperidine rings is 1. The molecule has 0 saturated carbocycles. The predicted molar refractivity (Wildman–Crippen MR) is 118 cm³/mol. The van der Waals surface area contributed by atoms with Crippen molar-refractivity contribution in [2.24, 2.45) is 10.9 Å². The van der Waals surface area contributed by atoms with Gasteiger partial charge in [0.05, 0.1) is 0 Å². The van der Waals surface area contributed by atoms with Gasteiger partial charge in [0.25, 0.3) is 0 Å². The lowest BCUT2D eigenvalue weighted by atomic mass is 10.0. The molecule has 0 bridgehead atoms. The molecule has 7 nitrogen and oxygen atoms in total. The van der Waals surface area contributed by atoms with E-state index < -0.39 is 0 Å². The molecule has 0 aliphatic carbocycles. The molecule has 1 aromatic heterocycles. The molecule has 8 heteroatoms. The fourth-order valence-corrected chi connectivity index (χ4v) is 3.41. The Bertz CT molecular complexity index is 517. The van der Waals surface area contributed by atoms with Crippen LogP contribution in [0.2, 0.25) is 0 Å². The maximum Gasteiger partial charge on any atom is 0.191 e. The molecule has 2 N–H and O–H groups in total. The summed E-state index contributed by atoms with van der Waals surface area (Å²) in [6.07, 6.45) is 7.88. The van der Waals surface area contributed by atoms with Gasteiger partial charge in [-0.15, -0.1) is 34.2 Å². The number of halogens is 1. The van der Waals surface area contributed by atoms with Crippen LogP contribution in [0.1, 0.15) is 45.4 Å². The third-order valence-corrected chi connectivity index (χ3v) is 4.82. The second-order valence-corrected chi connectivity index (χ2v) is 6.97. The SMILES string of the molecule is CCc1nncn1CCNC(=NC)NCCCCN1CCCC(C)C1.I. The number of guanidine groups is 1. The normalized spacial score (nSPS) is 18.4. The predicted octanol–water partition coefficient (Wildman–Crippen LogP) is 2.14. The summed E-state index contributed by atoms with van der Waals surface area (Å²) in [5.41, 5.74) is 0. The summed E-state index contributed by atoms with van der Waals surface area (Å²) in [4.78, 5) is 6.91. The second kappa shape index (κ2) is 13.3. The minimum atomic E-state index is 0. The maximum atomic E-state index is 4.29. The van der Waals surface area contributed by atoms with Gasteiger partial charge in [-0.1, -0.05) is 13.8 Å². The number of nitrogens with one attached hydrogen (secondary N) is 2. The Morgan fingerprint density at radius 2 is 2.08 bits per heavy atom. The Hall–Kier alpha value is -0.900. The van der Waals surface area contributed by atoms with Crippen molar-refractivity contribution in [1.29, 1.82) is 0 Å². The first-order valence-corrected chi connectivity index (χ1v) is 9.76. The summed E-state index contributed by atoms with van der Waals surface area (Å²) in [7, 11) is 1.82. The molecular weight excluding hydrogens is 441 g/mol. The number of hydrogen-bond donors (Lipinski definition) is 2. The number of likely N-dealkylation sites (tertiary alicyclic amines) is 1. The highest BCUT2D eigenvalue weighted by molar-refractivity contribution is 14.0. The molecule has 0 radical (unpaired) electrons. The van der Waals surface area contributed by atoms with Gasteiger partial charge >= 0.3 is 0 Å². The zero-order valence-corrected chi connectivity index (χ0v) is 18.9. The highest BCUT2D eigenvalue weighted by Crippen LogP contribution is 2.15. The van der Waals surface area contributed by atoms with Gasteiger partial charge in [0.2, 0.25) is 0 Å². The summed E-state index contributed by atoms with van der Waals surface area (Å²) in [6, 6.07) is 0. The molecule has 26 heavy (non-hydrogen) atoms. The van der Waals surface area contributed by atoms with Crippen molar-refractivity contribution in [3.05, 3.63) is 12.2 Å². The molecule has 0 spiro atoms. The van der Waals surface area contributed by atoms with Gasteiger partial charge in [0.1, 0.15) is 12.2 Å². The third-order valence-electron chi connectivity index (χ3n) is 4.82. The first-order chi connectivity index (χ1) is 12.2. The average molecular weight is 477 g/mol. The van der Waals surface area contributed by atoms with Crippen LogP contribution in [-0.2, 0) is 13.0 Å². The van der Waals surface area contributed by atoms with Gasteiger partial charge in [-0.25, -0.2) is 0 Å². The van der Waals surface area contributed by atoms with E-state index in [0.29, 0.717) is 0 Å². The summed E-state index contributed by atoms with van der Waals surface area (Å²) < 4.78 is 2.08. The number of aryl methyl sites for hydroxylation is 1. The molecule has 1 saturated heterocycles. The number of rotatable bonds is 9. The highest BCUT2D eigenvalue weighted by atomic mass is 127. The molecule has 1 aliphatic heterocycles. The van der Waals surface area contributed by atoms with Crippen molar-refractivity contribution in [1.82, 2.24) is 30.3 Å². The lowest BCUT2D eigenvalue weighted by Crippen LogP contribution is -2.39. The number of nitrogens with zero attached hydrogens (tertiary/aromatic N) is 5. The summed E-state index contributed by atoms with van der Waals surface area (Å²) in [6.45, 7) is 10.9. The molecule has 1 atom stereocenters. The van der Waals surface area contributed by atoms with Crippen molar-refractivity contribution >= 4 is 29.9 Å². The van der Waals surface area contributed by atoms with Gasteiger partial charge < -0.3 is 20.1 Å². The number of aromatic nitrogens is 3. The van der Waals surface area contributed by atoms with Gasteiger partial charge in [0, 0.05) is 39.6 Å². The van der Waals surface area contributed by atoms with Gasteiger partial charge in [-0.05, 0) is 44.7 Å². The van der Waals surface area contributed by atoms with E-state index in [4.69, 9.17) is 0 Å². The van der Waals surface area contributed by atoms with Crippen LogP contribution in [0.15, 0.2) is 11.3 Å². The minimum Gasteiger partial charge on any atom is -0.356 e. The smallest absolute Gasteiger partial charge is 0.191 e. The first-order valence-electron chi connectivity index (χ1n) is 9.76. The molecule has 1 unspecified atom stereocenters. The van der Waals surface area contributed by atoms with E-state index in [0.717, 1.165) is 43.8 Å². The molecule has 1 aliphatic rings. The van der Waals surface area contributed by atoms with Crippen molar-refractivity contribution < 1.29 is 0 Å². The van der Waals surface area contributed by atoms with Crippen LogP contribution in [0.25, 0.3) is 0 Å². The van der Waals surface area contributed by atoms with Gasteiger partial charge in [0.15, 0.2) is 5.96 Å². The van der Waals surface area contributed by atoms with E-state index in [-0.39, 0.29) is 24.0 Å². The van der Waals surface area contributed by atoms with Crippen molar-refractivity contribution in [2.45, 2.75) is 52.5 Å². The summed E-state index contributed by atoms with van der Waals surface area (Å²) >= 11 is 0. The van der Waals surface area contributed by atoms with Crippen molar-refractivity contribution in [3.8, 4) is 0 Å². The van der Waals surface area contributed by atoms with Crippen LogP contribution >= 0.6 is 24.0 Å². The Morgan fingerprint density at radius 1 is 1.27 bits per heavy atom. The van der Waals surface area contributed by atoms with Crippen LogP contribution in [0.4, 0.5) is 0 Å². The standard InChI is InChI=1S/C18H35N7.HI/c1-4-17-23-22-15-25(17)13-10-21-18(19-3)20-9-5-6-11-24-12-7-8-16(2)14-24;/h15-16H,4-14H2,1-3H3,(H2,19,20,21);1H. The van der Waals surface area contributed by atoms with Crippen LogP contribution in [0.3, 0.4) is 0 Å². The fourth-order valence-electron chi connectivity index (χ4n) is 3.41. The topological polar surface area (TPSA) is 70.4 Å². The van der Waals surface area contributed by atoms with E-state index >= 15 is 0 Å². The molecule has 1 fully saturated rings. The third kappa shape index (κ3) is 8.20. The first kappa shape index (κ1) is 23.1. The molecule has 150 valence electrons. The monoisotopic (exact) mass is 477 g/mol. The van der Waals surface area contributed by atoms with Gasteiger partial charge in [-0.3, -0.25) is 4.99 Å². The zero-order chi connectivity index (χ0) is 17.9. The van der Waals surface area contributed by atoms with Crippen molar-refractivity contribution in [2.75, 3.05) is 39.8 Å². The number of unbranched alkanes of at least 4 members (excludes halogenated alkanes) is 1. The largest absolute Gasteiger partial charge is 0.356 e. The number of hydrogen-bond acceptors (Lipinski definition) is 4. The molecule has 1 aromatic rings. The Labute approximate surface area is 175 Å². The van der Waals surface area contributed by atoms with Gasteiger partial charge in [-0.2, -0.15) is 0 Å². The molecular formula is C18H36IN7. The summed E-state index contributed by atoms with van der Waals surface area (Å²) in [5, 5.41) is 14.8. The van der Waals surface area contributed by atoms with Crippen molar-refractivity contribution in [3.63, 3.8) is 0 Å². The molecule has 0 amide bonds. The molecule has 0 aromatic carbocycles. The lowest BCUT2D eigenvalue weighted by molar-refractivity contribution is 0.181. The average Bonchev–Trinajstić information content (AvgIpc) is 3.07. The fraction of sp³-hybridized carbons (Fsp3) is 0.833. The highest BCUT2D eigenvalue weighted by Gasteiger charge is 2.15. The minimum absolute atomic E-state index is 0. The van der Waals surface area contributed by atoms with E-state index in [9.17, 15) is 0 Å². The quantitative estimate of drug-likeness (QED) is 0.247. The van der Waals surface area contributed by atoms with Crippen LogP contribution in [0.5, 0.6) is 0 Å². The molecule has 2 rings (SSSR count). The Kier molecular flexibility index (Phi) is 11.8. The zero-order valence-electron chi connectivity index (χ0n) is 16.6. The number of aliphatic imine (C=N–C) groups is 1. The van der Waals surface area contributed by atoms with Crippen LogP contribution in [0, 0.1) is 5.92 Å². The second-order valence-electron chi connectivity index (χ2n) is 6.97. The molecule has 2 heterocycles. The Balaban J connectivity index is 0.00000338. The Morgan fingerprint density at radius 3 is 2.81 bits per heavy atom. The van der Waals surface area contributed by atoms with Crippen LogP contribution in [-0.4, -0.2) is 65.4 Å². The maximum absolute atomic E-state index is 4.29. The van der Waals surface area contributed by atoms with Crippen LogP contribution < -0.4 is 10.6 Å². The van der Waals surface area contributed by atoms with E-state index in [1.165, 1.54) is 45.3 Å². The summed E-state index contributed by atoms with van der Waals surface area (Å²) in [5.74, 6) is 2.77. The lowest BCUT2D eigenvalue weighted by Gasteiger charge is -2.30. The van der Waals surface area contributed by atoms with E-state index in [2.05, 4.69) is 49.1 Å². The van der Waals surface area contributed by atoms with E-state index in [1.807, 2.05) is 7.05 Å². The van der Waals surface area contributed by atoms with E-state index in [1.54, 1.807) is 6.33 Å².